The third-order valence-corrected chi connectivity index (χ3v) is 5.62. The number of fused-ring (bicyclic) bond motifs is 1. The first kappa shape index (κ1) is 21.5. The molecule has 1 saturated heterocycles. The molecular weight excluding hydrogens is 412 g/mol. The lowest BCUT2D eigenvalue weighted by molar-refractivity contribution is -0.131. The molecule has 9 nitrogen and oxygen atoms in total. The van der Waals surface area contributed by atoms with Gasteiger partial charge in [0.15, 0.2) is 11.5 Å². The Labute approximate surface area is 185 Å². The van der Waals surface area contributed by atoms with Crippen LogP contribution in [0.2, 0.25) is 0 Å². The monoisotopic (exact) mass is 438 g/mol. The van der Waals surface area contributed by atoms with Gasteiger partial charge in [0.1, 0.15) is 5.82 Å². The van der Waals surface area contributed by atoms with Crippen LogP contribution in [0.1, 0.15) is 35.1 Å². The van der Waals surface area contributed by atoms with Gasteiger partial charge in [-0.15, -0.1) is 0 Å². The van der Waals surface area contributed by atoms with Crippen LogP contribution < -0.4 is 19.5 Å². The number of carbonyl (C=O) groups is 2. The Morgan fingerprint density at radius 2 is 1.84 bits per heavy atom. The summed E-state index contributed by atoms with van der Waals surface area (Å²) in [5, 5.41) is 2.70. The number of nitrogens with zero attached hydrogens (tertiary/aromatic N) is 2. The first-order valence-electron chi connectivity index (χ1n) is 10.4. The molecule has 2 aromatic carbocycles. The standard InChI is InChI=1S/C23H26N4O5/c1-30-18-11-14(12-19(31-2)21(18)32-3)23(29)24-13-20(28)27-10-6-9-17(27)22-25-15-7-4-5-8-16(15)26-22/h4-5,7-8,11-12,17H,6,9-10,13H2,1-3H3,(H,24,29)(H,25,26). The molecule has 1 aliphatic rings. The van der Waals surface area contributed by atoms with Gasteiger partial charge >= 0.3 is 0 Å². The molecule has 1 fully saturated rings. The number of methoxy groups -OCH3 is 3. The normalized spacial score (nSPS) is 15.6. The van der Waals surface area contributed by atoms with Crippen molar-refractivity contribution in [2.75, 3.05) is 34.4 Å². The van der Waals surface area contributed by atoms with E-state index in [1.807, 2.05) is 24.3 Å². The van der Waals surface area contributed by atoms with E-state index in [1.54, 1.807) is 17.0 Å². The second-order valence-electron chi connectivity index (χ2n) is 7.48. The van der Waals surface area contributed by atoms with Crippen LogP contribution in [-0.2, 0) is 4.79 Å². The lowest BCUT2D eigenvalue weighted by atomic mass is 10.1. The fourth-order valence-electron chi connectivity index (χ4n) is 4.05. The molecule has 1 atom stereocenters. The Bertz CT molecular complexity index is 1080. The molecule has 4 rings (SSSR count). The van der Waals surface area contributed by atoms with E-state index in [9.17, 15) is 9.59 Å². The molecule has 0 radical (unpaired) electrons. The molecule has 0 spiro atoms. The van der Waals surface area contributed by atoms with E-state index in [4.69, 9.17) is 14.2 Å². The molecule has 168 valence electrons. The number of H-pyrrole nitrogens is 1. The first-order valence-corrected chi connectivity index (χ1v) is 10.4. The molecule has 1 aromatic heterocycles. The van der Waals surface area contributed by atoms with E-state index in [0.29, 0.717) is 29.4 Å². The number of aromatic amines is 1. The van der Waals surface area contributed by atoms with E-state index in [2.05, 4.69) is 15.3 Å². The Morgan fingerprint density at radius 1 is 1.12 bits per heavy atom. The average Bonchev–Trinajstić information content (AvgIpc) is 3.48. The number of hydrogen-bond donors (Lipinski definition) is 2. The Balaban J connectivity index is 1.45. The highest BCUT2D eigenvalue weighted by atomic mass is 16.5. The van der Waals surface area contributed by atoms with Crippen molar-refractivity contribution < 1.29 is 23.8 Å². The van der Waals surface area contributed by atoms with E-state index < -0.39 is 5.91 Å². The third-order valence-electron chi connectivity index (χ3n) is 5.62. The number of carbonyl (C=O) groups excluding carboxylic acids is 2. The van der Waals surface area contributed by atoms with Crippen LogP contribution in [-0.4, -0.2) is 61.1 Å². The summed E-state index contributed by atoms with van der Waals surface area (Å²) in [4.78, 5) is 35.4. The summed E-state index contributed by atoms with van der Waals surface area (Å²) in [5.41, 5.74) is 2.12. The number of ether oxygens (including phenoxy) is 3. The van der Waals surface area contributed by atoms with Crippen LogP contribution in [0.15, 0.2) is 36.4 Å². The van der Waals surface area contributed by atoms with Gasteiger partial charge in [0.25, 0.3) is 5.91 Å². The van der Waals surface area contributed by atoms with Crippen LogP contribution in [0.5, 0.6) is 17.2 Å². The Kier molecular flexibility index (Phi) is 6.16. The molecule has 1 unspecified atom stereocenters. The minimum atomic E-state index is -0.405. The molecular formula is C23H26N4O5. The zero-order valence-corrected chi connectivity index (χ0v) is 18.3. The largest absolute Gasteiger partial charge is 0.493 e. The Morgan fingerprint density at radius 3 is 2.50 bits per heavy atom. The van der Waals surface area contributed by atoms with E-state index in [-0.39, 0.29) is 18.5 Å². The third kappa shape index (κ3) is 4.05. The highest BCUT2D eigenvalue weighted by Gasteiger charge is 2.32. The minimum Gasteiger partial charge on any atom is -0.493 e. The van der Waals surface area contributed by atoms with Crippen molar-refractivity contribution in [2.45, 2.75) is 18.9 Å². The maximum absolute atomic E-state index is 12.9. The highest BCUT2D eigenvalue weighted by molar-refractivity contribution is 5.97. The van der Waals surface area contributed by atoms with Crippen molar-refractivity contribution in [3.05, 3.63) is 47.8 Å². The number of aromatic nitrogens is 2. The van der Waals surface area contributed by atoms with Crippen LogP contribution in [0.4, 0.5) is 0 Å². The second-order valence-corrected chi connectivity index (χ2v) is 7.48. The predicted octanol–water partition coefficient (Wildman–Crippen LogP) is 2.68. The number of benzene rings is 2. The summed E-state index contributed by atoms with van der Waals surface area (Å²) < 4.78 is 15.9. The molecule has 1 aliphatic heterocycles. The smallest absolute Gasteiger partial charge is 0.251 e. The van der Waals surface area contributed by atoms with E-state index in [1.165, 1.54) is 21.3 Å². The van der Waals surface area contributed by atoms with Crippen molar-refractivity contribution in [3.63, 3.8) is 0 Å². The molecule has 32 heavy (non-hydrogen) atoms. The molecule has 0 aliphatic carbocycles. The van der Waals surface area contributed by atoms with Gasteiger partial charge in [-0.05, 0) is 37.1 Å². The van der Waals surface area contributed by atoms with E-state index >= 15 is 0 Å². The average molecular weight is 438 g/mol. The van der Waals surface area contributed by atoms with Crippen LogP contribution in [0, 0.1) is 0 Å². The minimum absolute atomic E-state index is 0.119. The van der Waals surface area contributed by atoms with Gasteiger partial charge < -0.3 is 29.4 Å². The summed E-state index contributed by atoms with van der Waals surface area (Å²) in [6, 6.07) is 10.7. The molecule has 2 amide bonds. The second kappa shape index (κ2) is 9.17. The van der Waals surface area contributed by atoms with Crippen LogP contribution in [0.3, 0.4) is 0 Å². The summed E-state index contributed by atoms with van der Waals surface area (Å²) >= 11 is 0. The molecule has 3 aromatic rings. The van der Waals surface area contributed by atoms with Crippen molar-refractivity contribution in [1.29, 1.82) is 0 Å². The quantitative estimate of drug-likeness (QED) is 0.588. The van der Waals surface area contributed by atoms with Gasteiger partial charge in [0.05, 0.1) is 44.9 Å². The number of rotatable bonds is 7. The van der Waals surface area contributed by atoms with Gasteiger partial charge in [0.2, 0.25) is 11.7 Å². The van der Waals surface area contributed by atoms with Gasteiger partial charge in [-0.2, -0.15) is 0 Å². The number of imidazole rings is 1. The zero-order valence-electron chi connectivity index (χ0n) is 18.3. The fraction of sp³-hybridized carbons (Fsp3) is 0.348. The van der Waals surface area contributed by atoms with Crippen molar-refractivity contribution in [2.24, 2.45) is 0 Å². The molecule has 2 N–H and O–H groups in total. The van der Waals surface area contributed by atoms with Crippen LogP contribution in [0.25, 0.3) is 11.0 Å². The summed E-state index contributed by atoms with van der Waals surface area (Å²) in [7, 11) is 4.45. The highest BCUT2D eigenvalue weighted by Crippen LogP contribution is 2.38. The molecule has 0 saturated carbocycles. The SMILES string of the molecule is COc1cc(C(=O)NCC(=O)N2CCCC2c2nc3ccccc3[nH]2)cc(OC)c1OC. The van der Waals surface area contributed by atoms with Crippen LogP contribution >= 0.6 is 0 Å². The summed E-state index contributed by atoms with van der Waals surface area (Å²) in [5.74, 6) is 1.34. The number of para-hydroxylation sites is 2. The van der Waals surface area contributed by atoms with Gasteiger partial charge in [-0.25, -0.2) is 4.98 Å². The van der Waals surface area contributed by atoms with Gasteiger partial charge in [-0.3, -0.25) is 9.59 Å². The summed E-state index contributed by atoms with van der Waals surface area (Å²) in [6.45, 7) is 0.507. The number of amides is 2. The Hall–Kier alpha value is -3.75. The number of hydrogen-bond acceptors (Lipinski definition) is 6. The van der Waals surface area contributed by atoms with Gasteiger partial charge in [-0.1, -0.05) is 12.1 Å². The molecule has 9 heteroatoms. The summed E-state index contributed by atoms with van der Waals surface area (Å²) in [6.07, 6.45) is 1.71. The van der Waals surface area contributed by atoms with Crippen molar-refractivity contribution in [3.8, 4) is 17.2 Å². The predicted molar refractivity (Wildman–Crippen MR) is 118 cm³/mol. The van der Waals surface area contributed by atoms with E-state index in [0.717, 1.165) is 29.7 Å². The topological polar surface area (TPSA) is 106 Å². The maximum Gasteiger partial charge on any atom is 0.251 e. The lowest BCUT2D eigenvalue weighted by Gasteiger charge is -2.23. The van der Waals surface area contributed by atoms with Crippen molar-refractivity contribution >= 4 is 22.8 Å². The fourth-order valence-corrected chi connectivity index (χ4v) is 4.05. The molecule has 0 bridgehead atoms. The maximum atomic E-state index is 12.9. The number of likely N-dealkylation sites (tertiary alicyclic amines) is 1. The first-order chi connectivity index (χ1) is 15.5. The van der Waals surface area contributed by atoms with Crippen molar-refractivity contribution in [1.82, 2.24) is 20.2 Å². The molecule has 2 heterocycles. The van der Waals surface area contributed by atoms with Gasteiger partial charge in [0, 0.05) is 12.1 Å². The number of nitrogens with one attached hydrogen (secondary N) is 2. The lowest BCUT2D eigenvalue weighted by Crippen LogP contribution is -2.40. The zero-order chi connectivity index (χ0) is 22.7.